The number of hydrogen-bond donors (Lipinski definition) is 0. The Morgan fingerprint density at radius 2 is 0.946 bits per heavy atom. The van der Waals surface area contributed by atoms with Gasteiger partial charge >= 0.3 is 0 Å². The first-order chi connectivity index (χ1) is 17.4. The molecule has 3 heteroatoms. The van der Waals surface area contributed by atoms with Crippen LogP contribution in [0.1, 0.15) is 34.1 Å². The fraction of sp³-hybridized carbons (Fsp3) is 0.294. The number of allylic oxidation sites excluding steroid dienone is 10. The van der Waals surface area contributed by atoms with Gasteiger partial charge in [-0.2, -0.15) is 0 Å². The van der Waals surface area contributed by atoms with Gasteiger partial charge in [0, 0.05) is 11.8 Å². The van der Waals surface area contributed by atoms with Crippen LogP contribution < -0.4 is 20.7 Å². The van der Waals surface area contributed by atoms with Crippen molar-refractivity contribution in [3.05, 3.63) is 118 Å². The Labute approximate surface area is 226 Å². The molecule has 2 unspecified atom stereocenters. The van der Waals surface area contributed by atoms with Gasteiger partial charge in [0.15, 0.2) is 0 Å². The number of hydrogen-bond acceptors (Lipinski definition) is 0. The Morgan fingerprint density at radius 3 is 1.32 bits per heavy atom. The van der Waals surface area contributed by atoms with Crippen molar-refractivity contribution in [2.45, 2.75) is 64.2 Å². The molecule has 0 saturated carbocycles. The smallest absolute Gasteiger partial charge is 0.0726 e. The van der Waals surface area contributed by atoms with Crippen molar-refractivity contribution in [3.8, 4) is 0 Å². The van der Waals surface area contributed by atoms with Crippen LogP contribution in [0.4, 0.5) is 0 Å². The largest absolute Gasteiger partial charge is 0.113 e. The summed E-state index contributed by atoms with van der Waals surface area (Å²) in [6, 6.07) is 9.88. The Kier molecular flexibility index (Phi) is 5.55. The summed E-state index contributed by atoms with van der Waals surface area (Å²) in [5.41, 5.74) is 8.39. The molecule has 4 aliphatic carbocycles. The SMILES string of the molecule is C[Si](C)(C)c1ccc2c(c1[Si](C)(C)c1c([Si](C)(C)C)ccc3c1[C]=C1C=CC=CC13)[C]=C1C=CC=CC12. The zero-order valence-corrected chi connectivity index (χ0v) is 26.6. The van der Waals surface area contributed by atoms with E-state index in [4.69, 9.17) is 0 Å². The number of fused-ring (bicyclic) bond motifs is 6. The summed E-state index contributed by atoms with van der Waals surface area (Å²) < 4.78 is 0. The Hall–Kier alpha value is -2.47. The highest BCUT2D eigenvalue weighted by atomic mass is 28.3. The van der Waals surface area contributed by atoms with Gasteiger partial charge in [-0.05, 0) is 55.9 Å². The molecule has 0 fully saturated rings. The molecular weight excluding hydrogens is 493 g/mol. The quantitative estimate of drug-likeness (QED) is 0.413. The van der Waals surface area contributed by atoms with Crippen LogP contribution in [0.3, 0.4) is 0 Å². The van der Waals surface area contributed by atoms with Gasteiger partial charge in [-0.15, -0.1) is 0 Å². The minimum Gasteiger partial charge on any atom is -0.0726 e. The van der Waals surface area contributed by atoms with Gasteiger partial charge in [0.2, 0.25) is 0 Å². The molecule has 37 heavy (non-hydrogen) atoms. The van der Waals surface area contributed by atoms with Crippen LogP contribution in [-0.2, 0) is 0 Å². The van der Waals surface area contributed by atoms with Crippen LogP contribution in [0.15, 0.2) is 84.0 Å². The molecule has 0 saturated heterocycles. The van der Waals surface area contributed by atoms with Gasteiger partial charge in [-0.25, -0.2) is 0 Å². The average Bonchev–Trinajstić information content (AvgIpc) is 3.39. The van der Waals surface area contributed by atoms with Crippen LogP contribution in [0.5, 0.6) is 0 Å². The van der Waals surface area contributed by atoms with Crippen molar-refractivity contribution in [1.82, 2.24) is 0 Å². The lowest BCUT2D eigenvalue weighted by molar-refractivity contribution is 1.05. The highest BCUT2D eigenvalue weighted by Crippen LogP contribution is 2.40. The highest BCUT2D eigenvalue weighted by Gasteiger charge is 2.43. The summed E-state index contributed by atoms with van der Waals surface area (Å²) in [5, 5.41) is 6.55. The maximum absolute atomic E-state index is 3.97. The summed E-state index contributed by atoms with van der Waals surface area (Å²) in [6.07, 6.45) is 25.9. The minimum atomic E-state index is -2.19. The van der Waals surface area contributed by atoms with Gasteiger partial charge in [-0.1, -0.05) is 136 Å². The molecule has 0 aliphatic heterocycles. The molecule has 0 bridgehead atoms. The summed E-state index contributed by atoms with van der Waals surface area (Å²) >= 11 is 0. The molecule has 186 valence electrons. The van der Waals surface area contributed by atoms with Crippen LogP contribution in [0.2, 0.25) is 52.4 Å². The van der Waals surface area contributed by atoms with E-state index in [-0.39, 0.29) is 0 Å². The van der Waals surface area contributed by atoms with Crippen molar-refractivity contribution < 1.29 is 0 Å². The molecule has 2 aromatic carbocycles. The lowest BCUT2D eigenvalue weighted by atomic mass is 9.92. The topological polar surface area (TPSA) is 0 Å². The summed E-state index contributed by atoms with van der Waals surface area (Å²) in [5.74, 6) is 0.702. The summed E-state index contributed by atoms with van der Waals surface area (Å²) in [7, 11) is -5.42. The second kappa shape index (κ2) is 8.26. The van der Waals surface area contributed by atoms with E-state index < -0.39 is 24.2 Å². The lowest BCUT2D eigenvalue weighted by Crippen LogP contribution is -2.69. The standard InChI is InChI=1S/C34H38Si3/c1-35(2,3)31-19-17-27-25-15-11-9-13-23(25)21-29(27)33(31)37(7,8)34-30-22-24-14-10-12-16-26(24)28(30)18-20-32(34)36(4,5)6/h9-20,25-26H,1-8H3. The van der Waals surface area contributed by atoms with Crippen molar-refractivity contribution in [2.75, 3.05) is 0 Å². The number of rotatable bonds is 4. The normalized spacial score (nSPS) is 21.4. The maximum Gasteiger partial charge on any atom is 0.113 e. The molecule has 4 aliphatic rings. The second-order valence-electron chi connectivity index (χ2n) is 13.6. The Balaban J connectivity index is 1.69. The van der Waals surface area contributed by atoms with E-state index in [2.05, 4.69) is 137 Å². The van der Waals surface area contributed by atoms with Gasteiger partial charge in [0.05, 0.1) is 16.1 Å². The van der Waals surface area contributed by atoms with Gasteiger partial charge < -0.3 is 0 Å². The molecule has 2 radical (unpaired) electrons. The van der Waals surface area contributed by atoms with Crippen molar-refractivity contribution >= 4 is 45.0 Å². The molecule has 0 spiro atoms. The minimum absolute atomic E-state index is 0.351. The third-order valence-electron chi connectivity index (χ3n) is 8.60. The van der Waals surface area contributed by atoms with E-state index in [1.807, 2.05) is 0 Å². The maximum atomic E-state index is 3.97. The predicted octanol–water partition coefficient (Wildman–Crippen LogP) is 6.20. The summed E-state index contributed by atoms with van der Waals surface area (Å²) in [4.78, 5) is 0. The van der Waals surface area contributed by atoms with Crippen LogP contribution in [0.25, 0.3) is 0 Å². The van der Waals surface area contributed by atoms with Gasteiger partial charge in [0.1, 0.15) is 8.07 Å². The van der Waals surface area contributed by atoms with Crippen LogP contribution >= 0.6 is 0 Å². The molecule has 0 aromatic heterocycles. The molecular formula is C34H38Si3. The fourth-order valence-electron chi connectivity index (χ4n) is 6.85. The molecule has 0 N–H and O–H groups in total. The summed E-state index contributed by atoms with van der Waals surface area (Å²) in [6.45, 7) is 20.4. The molecule has 2 atom stereocenters. The van der Waals surface area contributed by atoms with Gasteiger partial charge in [-0.3, -0.25) is 0 Å². The van der Waals surface area contributed by atoms with Crippen molar-refractivity contribution in [2.24, 2.45) is 0 Å². The average molecular weight is 531 g/mol. The predicted molar refractivity (Wildman–Crippen MR) is 169 cm³/mol. The Bertz CT molecular complexity index is 1390. The van der Waals surface area contributed by atoms with E-state index in [1.165, 1.54) is 33.4 Å². The van der Waals surface area contributed by atoms with Crippen LogP contribution in [-0.4, -0.2) is 24.2 Å². The van der Waals surface area contributed by atoms with E-state index in [9.17, 15) is 0 Å². The fourth-order valence-corrected chi connectivity index (χ4v) is 17.3. The van der Waals surface area contributed by atoms with E-state index in [0.29, 0.717) is 11.8 Å². The molecule has 6 rings (SSSR count). The highest BCUT2D eigenvalue weighted by molar-refractivity contribution is 7.09. The first kappa shape index (κ1) is 24.8. The third-order valence-corrected chi connectivity index (χ3v) is 16.7. The third kappa shape index (κ3) is 3.81. The Morgan fingerprint density at radius 1 is 0.541 bits per heavy atom. The zero-order valence-electron chi connectivity index (χ0n) is 23.6. The van der Waals surface area contributed by atoms with E-state index >= 15 is 0 Å². The van der Waals surface area contributed by atoms with E-state index in [0.717, 1.165) is 0 Å². The molecule has 0 heterocycles. The van der Waals surface area contributed by atoms with Gasteiger partial charge in [0.25, 0.3) is 0 Å². The lowest BCUT2D eigenvalue weighted by Gasteiger charge is -2.37. The molecule has 0 nitrogen and oxygen atoms in total. The zero-order chi connectivity index (χ0) is 26.3. The van der Waals surface area contributed by atoms with Crippen molar-refractivity contribution in [3.63, 3.8) is 0 Å². The monoisotopic (exact) mass is 530 g/mol. The molecule has 2 aromatic rings. The second-order valence-corrected chi connectivity index (χ2v) is 28.0. The molecule has 0 amide bonds. The first-order valence-electron chi connectivity index (χ1n) is 13.7. The van der Waals surface area contributed by atoms with Crippen molar-refractivity contribution in [1.29, 1.82) is 0 Å². The first-order valence-corrected chi connectivity index (χ1v) is 23.7. The van der Waals surface area contributed by atoms with E-state index in [1.54, 1.807) is 20.7 Å². The number of benzene rings is 2. The van der Waals surface area contributed by atoms with Crippen LogP contribution in [0, 0.1) is 12.2 Å².